The predicted molar refractivity (Wildman–Crippen MR) is 101 cm³/mol. The van der Waals surface area contributed by atoms with Crippen molar-refractivity contribution < 1.29 is 14.3 Å². The van der Waals surface area contributed by atoms with Gasteiger partial charge in [0.1, 0.15) is 12.7 Å². The molecule has 1 amide bonds. The lowest BCUT2D eigenvalue weighted by Crippen LogP contribution is -2.47. The van der Waals surface area contributed by atoms with Gasteiger partial charge in [0, 0.05) is 12.7 Å². The molecule has 2 aromatic carbocycles. The van der Waals surface area contributed by atoms with Crippen molar-refractivity contribution in [1.82, 2.24) is 10.6 Å². The zero-order valence-electron chi connectivity index (χ0n) is 14.6. The van der Waals surface area contributed by atoms with Crippen LogP contribution in [-0.4, -0.2) is 44.7 Å². The number of rotatable bonds is 5. The maximum absolute atomic E-state index is 12.0. The van der Waals surface area contributed by atoms with Crippen molar-refractivity contribution >= 4 is 17.6 Å². The van der Waals surface area contributed by atoms with Crippen LogP contribution in [-0.2, 0) is 4.79 Å². The number of hydrogen-bond acceptors (Lipinski definition) is 4. The van der Waals surface area contributed by atoms with Gasteiger partial charge in [-0.3, -0.25) is 9.79 Å². The van der Waals surface area contributed by atoms with Gasteiger partial charge in [-0.1, -0.05) is 30.3 Å². The van der Waals surface area contributed by atoms with Crippen LogP contribution in [0.15, 0.2) is 59.6 Å². The van der Waals surface area contributed by atoms with Gasteiger partial charge in [-0.2, -0.15) is 0 Å². The quantitative estimate of drug-likeness (QED) is 0.561. The van der Waals surface area contributed by atoms with Crippen molar-refractivity contribution in [2.75, 3.05) is 32.1 Å². The van der Waals surface area contributed by atoms with Gasteiger partial charge in [0.2, 0.25) is 5.91 Å². The first-order valence-electron chi connectivity index (χ1n) is 8.42. The third-order valence-electron chi connectivity index (χ3n) is 3.76. The number of ether oxygens (including phenoxy) is 2. The fraction of sp³-hybridized carbons (Fsp3) is 0.263. The molecular weight excluding hydrogens is 332 g/mol. The Balaban J connectivity index is 1.42. The summed E-state index contributed by atoms with van der Waals surface area (Å²) in [6.07, 6.45) is -0.137. The highest BCUT2D eigenvalue weighted by molar-refractivity contribution is 5.94. The van der Waals surface area contributed by atoms with E-state index < -0.39 is 0 Å². The molecule has 0 saturated carbocycles. The van der Waals surface area contributed by atoms with Gasteiger partial charge in [-0.15, -0.1) is 0 Å². The minimum Gasteiger partial charge on any atom is -0.486 e. The van der Waals surface area contributed by atoms with Crippen molar-refractivity contribution in [3.8, 4) is 11.5 Å². The Morgan fingerprint density at radius 1 is 1.08 bits per heavy atom. The molecule has 3 N–H and O–H groups in total. The van der Waals surface area contributed by atoms with Gasteiger partial charge in [0.25, 0.3) is 0 Å². The van der Waals surface area contributed by atoms with Gasteiger partial charge in [0.15, 0.2) is 17.5 Å². The number of carbonyl (C=O) groups is 1. The first-order valence-corrected chi connectivity index (χ1v) is 8.42. The van der Waals surface area contributed by atoms with Gasteiger partial charge in [-0.25, -0.2) is 0 Å². The Kier molecular flexibility index (Phi) is 5.92. The van der Waals surface area contributed by atoms with Crippen LogP contribution < -0.4 is 25.4 Å². The molecule has 0 aliphatic carbocycles. The third-order valence-corrected chi connectivity index (χ3v) is 3.76. The Labute approximate surface area is 152 Å². The molecule has 1 unspecified atom stereocenters. The standard InChI is InChI=1S/C19H22N4O3/c1-20-19(22-12-18(24)23-14-7-3-2-4-8-14)21-11-15-13-25-16-9-5-6-10-17(16)26-15/h2-10,15H,11-13H2,1H3,(H,23,24)(H2,20,21,22). The number of hydrogen-bond donors (Lipinski definition) is 3. The van der Waals surface area contributed by atoms with Crippen molar-refractivity contribution in [2.45, 2.75) is 6.10 Å². The normalized spacial score (nSPS) is 15.9. The first-order chi connectivity index (χ1) is 12.7. The highest BCUT2D eigenvalue weighted by Gasteiger charge is 2.20. The average molecular weight is 354 g/mol. The van der Waals surface area contributed by atoms with Gasteiger partial charge in [0.05, 0.1) is 13.1 Å². The third kappa shape index (κ3) is 4.89. The number of benzene rings is 2. The minimum absolute atomic E-state index is 0.111. The lowest BCUT2D eigenvalue weighted by Gasteiger charge is -2.27. The van der Waals surface area contributed by atoms with Crippen molar-refractivity contribution in [1.29, 1.82) is 0 Å². The number of anilines is 1. The maximum Gasteiger partial charge on any atom is 0.243 e. The highest BCUT2D eigenvalue weighted by Crippen LogP contribution is 2.30. The van der Waals surface area contributed by atoms with E-state index in [4.69, 9.17) is 9.47 Å². The lowest BCUT2D eigenvalue weighted by atomic mass is 10.2. The van der Waals surface area contributed by atoms with Crippen LogP contribution in [0.3, 0.4) is 0 Å². The topological polar surface area (TPSA) is 84.0 Å². The summed E-state index contributed by atoms with van der Waals surface area (Å²) < 4.78 is 11.6. The van der Waals surface area contributed by atoms with Gasteiger partial charge in [-0.05, 0) is 24.3 Å². The van der Waals surface area contributed by atoms with E-state index >= 15 is 0 Å². The van der Waals surface area contributed by atoms with Crippen LogP contribution in [0.5, 0.6) is 11.5 Å². The number of amides is 1. The summed E-state index contributed by atoms with van der Waals surface area (Å²) in [6.45, 7) is 1.07. The largest absolute Gasteiger partial charge is 0.486 e. The first kappa shape index (κ1) is 17.6. The van der Waals surface area contributed by atoms with Crippen LogP contribution in [0.2, 0.25) is 0 Å². The van der Waals surface area contributed by atoms with Crippen molar-refractivity contribution in [2.24, 2.45) is 4.99 Å². The molecule has 0 fully saturated rings. The Bertz CT molecular complexity index is 764. The predicted octanol–water partition coefficient (Wildman–Crippen LogP) is 1.63. The van der Waals surface area contributed by atoms with E-state index in [2.05, 4.69) is 20.9 Å². The molecule has 1 atom stereocenters. The van der Waals surface area contributed by atoms with Crippen LogP contribution in [0.1, 0.15) is 0 Å². The summed E-state index contributed by atoms with van der Waals surface area (Å²) in [5.41, 5.74) is 0.758. The lowest BCUT2D eigenvalue weighted by molar-refractivity contribution is -0.115. The maximum atomic E-state index is 12.0. The van der Waals surface area contributed by atoms with E-state index in [1.54, 1.807) is 7.05 Å². The number of nitrogens with zero attached hydrogens (tertiary/aromatic N) is 1. The zero-order chi connectivity index (χ0) is 18.2. The fourth-order valence-corrected chi connectivity index (χ4v) is 2.49. The van der Waals surface area contributed by atoms with E-state index in [0.717, 1.165) is 17.2 Å². The molecule has 26 heavy (non-hydrogen) atoms. The van der Waals surface area contributed by atoms with Crippen LogP contribution in [0.4, 0.5) is 5.69 Å². The van der Waals surface area contributed by atoms with Crippen LogP contribution in [0, 0.1) is 0 Å². The van der Waals surface area contributed by atoms with E-state index in [9.17, 15) is 4.79 Å². The SMILES string of the molecule is CN=C(NCC(=O)Nc1ccccc1)NCC1COc2ccccc2O1. The molecule has 0 bridgehead atoms. The second kappa shape index (κ2) is 8.75. The molecule has 0 aromatic heterocycles. The number of carbonyl (C=O) groups excluding carboxylic acids is 1. The molecule has 3 rings (SSSR count). The number of aliphatic imine (C=N–C) groups is 1. The van der Waals surface area contributed by atoms with E-state index in [1.165, 1.54) is 0 Å². The number of para-hydroxylation sites is 3. The van der Waals surface area contributed by atoms with Crippen molar-refractivity contribution in [3.05, 3.63) is 54.6 Å². The monoisotopic (exact) mass is 354 g/mol. The molecule has 7 heteroatoms. The number of guanidine groups is 1. The summed E-state index contributed by atoms with van der Waals surface area (Å²) in [5, 5.41) is 8.93. The van der Waals surface area contributed by atoms with E-state index in [-0.39, 0.29) is 18.6 Å². The van der Waals surface area contributed by atoms with Crippen molar-refractivity contribution in [3.63, 3.8) is 0 Å². The van der Waals surface area contributed by atoms with Gasteiger partial charge >= 0.3 is 0 Å². The number of fused-ring (bicyclic) bond motifs is 1. The molecule has 1 aliphatic rings. The van der Waals surface area contributed by atoms with Gasteiger partial charge < -0.3 is 25.4 Å². The van der Waals surface area contributed by atoms with Crippen LogP contribution in [0.25, 0.3) is 0 Å². The molecule has 0 radical (unpaired) electrons. The smallest absolute Gasteiger partial charge is 0.243 e. The minimum atomic E-state index is -0.148. The summed E-state index contributed by atoms with van der Waals surface area (Å²) in [6, 6.07) is 16.9. The number of nitrogens with one attached hydrogen (secondary N) is 3. The molecule has 0 saturated heterocycles. The average Bonchev–Trinajstić information content (AvgIpc) is 2.68. The second-order valence-corrected chi connectivity index (χ2v) is 5.72. The summed E-state index contributed by atoms with van der Waals surface area (Å²) in [5.74, 6) is 1.86. The Morgan fingerprint density at radius 3 is 2.58 bits per heavy atom. The summed E-state index contributed by atoms with van der Waals surface area (Å²) in [4.78, 5) is 16.1. The zero-order valence-corrected chi connectivity index (χ0v) is 14.6. The Morgan fingerprint density at radius 2 is 1.81 bits per heavy atom. The second-order valence-electron chi connectivity index (χ2n) is 5.72. The molecule has 7 nitrogen and oxygen atoms in total. The molecule has 1 heterocycles. The highest BCUT2D eigenvalue weighted by atomic mass is 16.6. The van der Waals surface area contributed by atoms with E-state index in [1.807, 2.05) is 54.6 Å². The summed E-state index contributed by atoms with van der Waals surface area (Å²) >= 11 is 0. The van der Waals surface area contributed by atoms with Crippen LogP contribution >= 0.6 is 0 Å². The fourth-order valence-electron chi connectivity index (χ4n) is 2.49. The molecular formula is C19H22N4O3. The molecule has 2 aromatic rings. The molecule has 0 spiro atoms. The summed E-state index contributed by atoms with van der Waals surface area (Å²) in [7, 11) is 1.65. The molecule has 1 aliphatic heterocycles. The Hall–Kier alpha value is -3.22. The van der Waals surface area contributed by atoms with E-state index in [0.29, 0.717) is 19.1 Å². The molecule has 136 valence electrons.